The lowest BCUT2D eigenvalue weighted by molar-refractivity contribution is 0.172. The number of nitrogens with one attached hydrogen (secondary N) is 1. The molecule has 0 amide bonds. The van der Waals surface area contributed by atoms with E-state index in [1.807, 2.05) is 24.3 Å². The van der Waals surface area contributed by atoms with Crippen LogP contribution in [0.1, 0.15) is 28.7 Å². The molecule has 7 nitrogen and oxygen atoms in total. The molecule has 1 N–H and O–H groups in total. The van der Waals surface area contributed by atoms with Crippen LogP contribution in [0.2, 0.25) is 0 Å². The minimum atomic E-state index is -0.657. The first-order valence-corrected chi connectivity index (χ1v) is 14.2. The summed E-state index contributed by atoms with van der Waals surface area (Å²) in [6.45, 7) is 5.49. The van der Waals surface area contributed by atoms with Crippen LogP contribution in [0.15, 0.2) is 72.0 Å². The van der Waals surface area contributed by atoms with Crippen molar-refractivity contribution in [3.8, 4) is 11.5 Å². The Kier molecular flexibility index (Phi) is 9.21. The summed E-state index contributed by atoms with van der Waals surface area (Å²) in [6.07, 6.45) is 4.22. The van der Waals surface area contributed by atoms with Crippen LogP contribution in [0.5, 0.6) is 11.5 Å². The fourth-order valence-corrected chi connectivity index (χ4v) is 5.66. The van der Waals surface area contributed by atoms with Crippen molar-refractivity contribution in [2.75, 3.05) is 36.9 Å². The molecular weight excluding hydrogens is 544 g/mol. The van der Waals surface area contributed by atoms with Gasteiger partial charge in [-0.2, -0.15) is 0 Å². The molecule has 0 bridgehead atoms. The summed E-state index contributed by atoms with van der Waals surface area (Å²) in [4.78, 5) is 10.6. The van der Waals surface area contributed by atoms with Crippen molar-refractivity contribution in [2.24, 2.45) is 0 Å². The minimum absolute atomic E-state index is 0.114. The largest absolute Gasteiger partial charge is 0.497 e. The van der Waals surface area contributed by atoms with Crippen LogP contribution in [0, 0.1) is 18.6 Å². The second kappa shape index (κ2) is 13.2. The Labute approximate surface area is 243 Å². The predicted molar refractivity (Wildman–Crippen MR) is 158 cm³/mol. The standard InChI is InChI=1S/C31H33F2N5O2S/c1-21-27(35-17-22-7-4-5-8-23(22)18-37-13-6-14-37)16-26(32)31(30(21)33)41-38(29-11-12-34-20-36-29)19-24-9-10-25(39-2)15-28(24)40-3/h4-5,7-12,15-16,20,35H,6,13-14,17-19H2,1-3H3. The van der Waals surface area contributed by atoms with Gasteiger partial charge in [-0.15, -0.1) is 0 Å². The van der Waals surface area contributed by atoms with Gasteiger partial charge in [-0.25, -0.2) is 18.7 Å². The van der Waals surface area contributed by atoms with Crippen molar-refractivity contribution in [1.29, 1.82) is 0 Å². The molecular formula is C31H33F2N5O2S. The number of benzene rings is 3. The molecule has 0 aliphatic carbocycles. The molecule has 5 rings (SSSR count). The first-order chi connectivity index (χ1) is 20.0. The SMILES string of the molecule is COc1ccc(CN(Sc2c(F)cc(NCc3ccccc3CN3CCC3)c(C)c2F)c2ccncn2)c(OC)c1. The number of halogens is 2. The summed E-state index contributed by atoms with van der Waals surface area (Å²) >= 11 is 0.948. The average Bonchev–Trinajstić information content (AvgIpc) is 2.98. The van der Waals surface area contributed by atoms with Crippen molar-refractivity contribution in [3.63, 3.8) is 0 Å². The number of aromatic nitrogens is 2. The molecule has 0 saturated carbocycles. The highest BCUT2D eigenvalue weighted by atomic mass is 32.2. The van der Waals surface area contributed by atoms with E-state index in [0.29, 0.717) is 35.1 Å². The van der Waals surface area contributed by atoms with Gasteiger partial charge in [-0.3, -0.25) is 9.21 Å². The minimum Gasteiger partial charge on any atom is -0.497 e. The zero-order valence-corrected chi connectivity index (χ0v) is 24.2. The van der Waals surface area contributed by atoms with Gasteiger partial charge in [-0.05, 0) is 73.8 Å². The van der Waals surface area contributed by atoms with Gasteiger partial charge < -0.3 is 14.8 Å². The summed E-state index contributed by atoms with van der Waals surface area (Å²) in [5.41, 5.74) is 3.90. The number of rotatable bonds is 12. The van der Waals surface area contributed by atoms with Crippen LogP contribution in [0.25, 0.3) is 0 Å². The highest BCUT2D eigenvalue weighted by molar-refractivity contribution is 8.00. The Bertz CT molecular complexity index is 1490. The Morgan fingerprint density at radius 1 is 1.00 bits per heavy atom. The Morgan fingerprint density at radius 3 is 2.49 bits per heavy atom. The maximum absolute atomic E-state index is 15.8. The smallest absolute Gasteiger partial charge is 0.146 e. The van der Waals surface area contributed by atoms with E-state index >= 15 is 8.78 Å². The second-order valence-electron chi connectivity index (χ2n) is 9.80. The van der Waals surface area contributed by atoms with Gasteiger partial charge in [0.25, 0.3) is 0 Å². The van der Waals surface area contributed by atoms with E-state index in [-0.39, 0.29) is 11.4 Å². The van der Waals surface area contributed by atoms with E-state index in [2.05, 4.69) is 32.3 Å². The molecule has 0 unspecified atom stereocenters. The monoisotopic (exact) mass is 577 g/mol. The van der Waals surface area contributed by atoms with Crippen LogP contribution in [0.3, 0.4) is 0 Å². The quantitative estimate of drug-likeness (QED) is 0.189. The van der Waals surface area contributed by atoms with Crippen LogP contribution in [0.4, 0.5) is 20.3 Å². The van der Waals surface area contributed by atoms with Gasteiger partial charge in [0.15, 0.2) is 0 Å². The van der Waals surface area contributed by atoms with E-state index in [1.165, 1.54) is 24.4 Å². The van der Waals surface area contributed by atoms with Crippen LogP contribution in [-0.2, 0) is 19.6 Å². The number of anilines is 2. The molecule has 1 aromatic heterocycles. The summed E-state index contributed by atoms with van der Waals surface area (Å²) in [5, 5.41) is 3.27. The lowest BCUT2D eigenvalue weighted by Gasteiger charge is -2.31. The average molecular weight is 578 g/mol. The van der Waals surface area contributed by atoms with Gasteiger partial charge in [0.2, 0.25) is 0 Å². The first kappa shape index (κ1) is 28.6. The summed E-state index contributed by atoms with van der Waals surface area (Å²) in [5.74, 6) is 0.462. The number of likely N-dealkylation sites (tertiary alicyclic amines) is 1. The van der Waals surface area contributed by atoms with Gasteiger partial charge in [0.1, 0.15) is 40.2 Å². The van der Waals surface area contributed by atoms with E-state index in [4.69, 9.17) is 9.47 Å². The molecule has 4 aromatic rings. The molecule has 1 aliphatic rings. The summed E-state index contributed by atoms with van der Waals surface area (Å²) in [6, 6.07) is 16.7. The van der Waals surface area contributed by atoms with Crippen molar-refractivity contribution in [3.05, 3.63) is 101 Å². The molecule has 214 valence electrons. The molecule has 3 aromatic carbocycles. The predicted octanol–water partition coefficient (Wildman–Crippen LogP) is 6.61. The number of methoxy groups -OCH3 is 2. The zero-order chi connectivity index (χ0) is 28.8. The van der Waals surface area contributed by atoms with E-state index < -0.39 is 11.6 Å². The number of nitrogens with zero attached hydrogens (tertiary/aromatic N) is 4. The van der Waals surface area contributed by atoms with Gasteiger partial charge in [-0.1, -0.05) is 24.3 Å². The third-order valence-corrected chi connectivity index (χ3v) is 8.28. The van der Waals surface area contributed by atoms with Gasteiger partial charge >= 0.3 is 0 Å². The van der Waals surface area contributed by atoms with Crippen LogP contribution >= 0.6 is 11.9 Å². The van der Waals surface area contributed by atoms with Crippen molar-refractivity contribution >= 4 is 23.5 Å². The number of ether oxygens (including phenoxy) is 2. The summed E-state index contributed by atoms with van der Waals surface area (Å²) in [7, 11) is 3.15. The fourth-order valence-electron chi connectivity index (χ4n) is 4.66. The third-order valence-electron chi connectivity index (χ3n) is 7.18. The third kappa shape index (κ3) is 6.71. The Morgan fingerprint density at radius 2 is 1.80 bits per heavy atom. The molecule has 0 spiro atoms. The lowest BCUT2D eigenvalue weighted by Crippen LogP contribution is -2.36. The molecule has 10 heteroatoms. The van der Waals surface area contributed by atoms with E-state index in [0.717, 1.165) is 42.7 Å². The molecule has 2 heterocycles. The lowest BCUT2D eigenvalue weighted by atomic mass is 10.0. The van der Waals surface area contributed by atoms with Crippen LogP contribution < -0.4 is 19.1 Å². The number of hydrogen-bond acceptors (Lipinski definition) is 8. The maximum Gasteiger partial charge on any atom is 0.146 e. The van der Waals surface area contributed by atoms with Crippen LogP contribution in [-0.4, -0.2) is 42.2 Å². The molecule has 0 atom stereocenters. The number of hydrogen-bond donors (Lipinski definition) is 1. The fraction of sp³-hybridized carbons (Fsp3) is 0.290. The highest BCUT2D eigenvalue weighted by Gasteiger charge is 2.23. The normalized spacial score (nSPS) is 13.0. The zero-order valence-electron chi connectivity index (χ0n) is 23.4. The van der Waals surface area contributed by atoms with Crippen molar-refractivity contribution < 1.29 is 18.3 Å². The topological polar surface area (TPSA) is 62.8 Å². The molecule has 41 heavy (non-hydrogen) atoms. The van der Waals surface area contributed by atoms with E-state index in [9.17, 15) is 0 Å². The molecule has 0 radical (unpaired) electrons. The maximum atomic E-state index is 15.8. The summed E-state index contributed by atoms with van der Waals surface area (Å²) < 4.78 is 43.9. The first-order valence-electron chi connectivity index (χ1n) is 13.4. The van der Waals surface area contributed by atoms with Crippen molar-refractivity contribution in [1.82, 2.24) is 14.9 Å². The molecule has 1 saturated heterocycles. The molecule has 1 aliphatic heterocycles. The Hall–Kier alpha value is -3.89. The van der Waals surface area contributed by atoms with Gasteiger partial charge in [0, 0.05) is 42.2 Å². The second-order valence-corrected chi connectivity index (χ2v) is 10.8. The Balaban J connectivity index is 1.38. The highest BCUT2D eigenvalue weighted by Crippen LogP contribution is 2.38. The van der Waals surface area contributed by atoms with E-state index in [1.54, 1.807) is 43.8 Å². The van der Waals surface area contributed by atoms with Gasteiger partial charge in [0.05, 0.1) is 20.8 Å². The molecule has 1 fully saturated rings. The van der Waals surface area contributed by atoms with Crippen molar-refractivity contribution in [2.45, 2.75) is 37.9 Å².